The van der Waals surface area contributed by atoms with Crippen LogP contribution in [0.1, 0.15) is 37.6 Å². The predicted molar refractivity (Wildman–Crippen MR) is 43.6 cm³/mol. The molecule has 3 nitrogen and oxygen atoms in total. The molecule has 12 heavy (non-hydrogen) atoms. The molecule has 0 bridgehead atoms. The van der Waals surface area contributed by atoms with Gasteiger partial charge >= 0.3 is 0 Å². The minimum absolute atomic E-state index is 0.00637. The van der Waals surface area contributed by atoms with Crippen molar-refractivity contribution in [2.75, 3.05) is 0 Å². The lowest BCUT2D eigenvalue weighted by Crippen LogP contribution is -2.06. The SMILES string of the molecule is CCC1(c2ocnc2CO)CC1. The zero-order valence-electron chi connectivity index (χ0n) is 7.21. The summed E-state index contributed by atoms with van der Waals surface area (Å²) in [5.74, 6) is 0.910. The lowest BCUT2D eigenvalue weighted by atomic mass is 9.99. The average Bonchev–Trinajstić information content (AvgIpc) is 2.76. The first-order valence-electron chi connectivity index (χ1n) is 4.36. The molecule has 0 aliphatic heterocycles. The fourth-order valence-electron chi connectivity index (χ4n) is 1.71. The molecule has 0 saturated heterocycles. The third kappa shape index (κ3) is 0.966. The number of aliphatic hydroxyl groups is 1. The van der Waals surface area contributed by atoms with Crippen LogP contribution < -0.4 is 0 Å². The standard InChI is InChI=1S/C9H13NO2/c1-2-9(3-4-9)8-7(5-11)10-6-12-8/h6,11H,2-5H2,1H3. The molecule has 0 unspecified atom stereocenters. The largest absolute Gasteiger partial charge is 0.448 e. The Morgan fingerprint density at radius 2 is 2.42 bits per heavy atom. The molecule has 0 radical (unpaired) electrons. The summed E-state index contributed by atoms with van der Waals surface area (Å²) in [7, 11) is 0. The fourth-order valence-corrected chi connectivity index (χ4v) is 1.71. The monoisotopic (exact) mass is 167 g/mol. The molecule has 0 spiro atoms. The van der Waals surface area contributed by atoms with Gasteiger partial charge in [-0.2, -0.15) is 0 Å². The normalized spacial score (nSPS) is 19.5. The van der Waals surface area contributed by atoms with Crippen LogP contribution in [0.2, 0.25) is 0 Å². The summed E-state index contributed by atoms with van der Waals surface area (Å²) in [6, 6.07) is 0. The molecule has 1 heterocycles. The molecule has 1 aromatic rings. The van der Waals surface area contributed by atoms with Gasteiger partial charge in [-0.25, -0.2) is 4.98 Å². The minimum Gasteiger partial charge on any atom is -0.448 e. The van der Waals surface area contributed by atoms with Crippen LogP contribution in [0.3, 0.4) is 0 Å². The van der Waals surface area contributed by atoms with Gasteiger partial charge < -0.3 is 9.52 Å². The molecule has 1 fully saturated rings. The van der Waals surface area contributed by atoms with E-state index in [1.54, 1.807) is 0 Å². The van der Waals surface area contributed by atoms with E-state index in [-0.39, 0.29) is 12.0 Å². The zero-order valence-corrected chi connectivity index (χ0v) is 7.21. The van der Waals surface area contributed by atoms with Gasteiger partial charge in [-0.3, -0.25) is 0 Å². The van der Waals surface area contributed by atoms with Crippen LogP contribution in [0.5, 0.6) is 0 Å². The molecular formula is C9H13NO2. The van der Waals surface area contributed by atoms with Crippen molar-refractivity contribution < 1.29 is 9.52 Å². The molecule has 1 aliphatic rings. The average molecular weight is 167 g/mol. The molecule has 2 rings (SSSR count). The van der Waals surface area contributed by atoms with Crippen LogP contribution in [0.4, 0.5) is 0 Å². The molecular weight excluding hydrogens is 154 g/mol. The van der Waals surface area contributed by atoms with Crippen LogP contribution in [-0.4, -0.2) is 10.1 Å². The van der Waals surface area contributed by atoms with E-state index < -0.39 is 0 Å². The van der Waals surface area contributed by atoms with E-state index in [0.717, 1.165) is 12.2 Å². The van der Waals surface area contributed by atoms with Crippen LogP contribution in [0.15, 0.2) is 10.8 Å². The Morgan fingerprint density at radius 3 is 2.92 bits per heavy atom. The minimum atomic E-state index is -0.00637. The summed E-state index contributed by atoms with van der Waals surface area (Å²) < 4.78 is 5.30. The maximum atomic E-state index is 8.97. The Labute approximate surface area is 71.4 Å². The highest BCUT2D eigenvalue weighted by molar-refractivity contribution is 5.25. The van der Waals surface area contributed by atoms with Gasteiger partial charge in [-0.15, -0.1) is 0 Å². The van der Waals surface area contributed by atoms with Crippen LogP contribution in [-0.2, 0) is 12.0 Å². The van der Waals surface area contributed by atoms with Crippen molar-refractivity contribution in [3.05, 3.63) is 17.8 Å². The number of hydrogen-bond acceptors (Lipinski definition) is 3. The molecule has 1 N–H and O–H groups in total. The smallest absolute Gasteiger partial charge is 0.181 e. The number of nitrogens with zero attached hydrogens (tertiary/aromatic N) is 1. The fraction of sp³-hybridized carbons (Fsp3) is 0.667. The number of oxazole rings is 1. The molecule has 1 aliphatic carbocycles. The van der Waals surface area contributed by atoms with Crippen molar-refractivity contribution in [1.29, 1.82) is 0 Å². The summed E-state index contributed by atoms with van der Waals surface area (Å²) >= 11 is 0. The first-order valence-corrected chi connectivity index (χ1v) is 4.36. The molecule has 1 aromatic heterocycles. The third-order valence-corrected chi connectivity index (χ3v) is 2.80. The number of aromatic nitrogens is 1. The van der Waals surface area contributed by atoms with Gasteiger partial charge in [-0.1, -0.05) is 6.92 Å². The first kappa shape index (κ1) is 7.80. The highest BCUT2D eigenvalue weighted by Crippen LogP contribution is 2.51. The van der Waals surface area contributed by atoms with Crippen molar-refractivity contribution in [2.24, 2.45) is 0 Å². The van der Waals surface area contributed by atoms with Crippen LogP contribution >= 0.6 is 0 Å². The first-order chi connectivity index (χ1) is 5.82. The maximum Gasteiger partial charge on any atom is 0.181 e. The second-order valence-electron chi connectivity index (χ2n) is 3.42. The molecule has 0 aromatic carbocycles. The molecule has 0 atom stereocenters. The number of aliphatic hydroxyl groups excluding tert-OH is 1. The van der Waals surface area contributed by atoms with Gasteiger partial charge in [0, 0.05) is 5.41 Å². The Bertz CT molecular complexity index is 276. The van der Waals surface area contributed by atoms with E-state index >= 15 is 0 Å². The Hall–Kier alpha value is -0.830. The molecule has 66 valence electrons. The number of hydrogen-bond donors (Lipinski definition) is 1. The Balaban J connectivity index is 2.32. The summed E-state index contributed by atoms with van der Waals surface area (Å²) in [6.07, 6.45) is 4.85. The zero-order chi connectivity index (χ0) is 8.60. The summed E-state index contributed by atoms with van der Waals surface area (Å²) in [5.41, 5.74) is 0.934. The van der Waals surface area contributed by atoms with Gasteiger partial charge in [0.2, 0.25) is 0 Å². The second-order valence-corrected chi connectivity index (χ2v) is 3.42. The van der Waals surface area contributed by atoms with Crippen molar-refractivity contribution >= 4 is 0 Å². The molecule has 3 heteroatoms. The Morgan fingerprint density at radius 1 is 1.67 bits per heavy atom. The van der Waals surface area contributed by atoms with E-state index in [4.69, 9.17) is 9.52 Å². The van der Waals surface area contributed by atoms with E-state index in [2.05, 4.69) is 11.9 Å². The topological polar surface area (TPSA) is 46.3 Å². The molecule has 0 amide bonds. The highest BCUT2D eigenvalue weighted by atomic mass is 16.3. The van der Waals surface area contributed by atoms with E-state index in [1.165, 1.54) is 19.2 Å². The van der Waals surface area contributed by atoms with E-state index in [0.29, 0.717) is 5.69 Å². The van der Waals surface area contributed by atoms with Gasteiger partial charge in [0.25, 0.3) is 0 Å². The van der Waals surface area contributed by atoms with Gasteiger partial charge in [0.1, 0.15) is 11.5 Å². The third-order valence-electron chi connectivity index (χ3n) is 2.80. The van der Waals surface area contributed by atoms with E-state index in [1.807, 2.05) is 0 Å². The highest BCUT2D eigenvalue weighted by Gasteiger charge is 2.46. The van der Waals surface area contributed by atoms with Gasteiger partial charge in [0.15, 0.2) is 6.39 Å². The van der Waals surface area contributed by atoms with Crippen LogP contribution in [0.25, 0.3) is 0 Å². The predicted octanol–water partition coefficient (Wildman–Crippen LogP) is 1.61. The maximum absolute atomic E-state index is 8.97. The quantitative estimate of drug-likeness (QED) is 0.743. The Kier molecular flexibility index (Phi) is 1.68. The number of rotatable bonds is 3. The lowest BCUT2D eigenvalue weighted by molar-refractivity contribution is 0.271. The van der Waals surface area contributed by atoms with Crippen molar-refractivity contribution in [3.8, 4) is 0 Å². The summed E-state index contributed by atoms with van der Waals surface area (Å²) in [4.78, 5) is 3.97. The van der Waals surface area contributed by atoms with Crippen molar-refractivity contribution in [3.63, 3.8) is 0 Å². The van der Waals surface area contributed by atoms with Crippen LogP contribution in [0, 0.1) is 0 Å². The van der Waals surface area contributed by atoms with Gasteiger partial charge in [-0.05, 0) is 19.3 Å². The van der Waals surface area contributed by atoms with Crippen molar-refractivity contribution in [2.45, 2.75) is 38.2 Å². The van der Waals surface area contributed by atoms with Crippen molar-refractivity contribution in [1.82, 2.24) is 4.98 Å². The van der Waals surface area contributed by atoms with E-state index in [9.17, 15) is 0 Å². The summed E-state index contributed by atoms with van der Waals surface area (Å²) in [6.45, 7) is 2.14. The summed E-state index contributed by atoms with van der Waals surface area (Å²) in [5, 5.41) is 8.97. The second kappa shape index (κ2) is 2.59. The van der Waals surface area contributed by atoms with Gasteiger partial charge in [0.05, 0.1) is 6.61 Å². The lowest BCUT2D eigenvalue weighted by Gasteiger charge is -2.08. The molecule has 1 saturated carbocycles.